The molecule has 87 valence electrons. The lowest BCUT2D eigenvalue weighted by Gasteiger charge is -2.11. The number of hydrogen-bond donors (Lipinski definition) is 0. The molecule has 0 amide bonds. The van der Waals surface area contributed by atoms with Crippen molar-refractivity contribution in [2.45, 2.75) is 13.1 Å². The van der Waals surface area contributed by atoms with Crippen LogP contribution in [-0.4, -0.2) is 0 Å². The molecule has 0 aliphatic rings. The predicted molar refractivity (Wildman–Crippen MR) is 60.5 cm³/mol. The van der Waals surface area contributed by atoms with Gasteiger partial charge in [0.15, 0.2) is 0 Å². The van der Waals surface area contributed by atoms with Crippen LogP contribution in [0.4, 0.5) is 13.2 Å². The van der Waals surface area contributed by atoms with E-state index in [9.17, 15) is 13.2 Å². The normalized spacial score (nSPS) is 11.5. The molecule has 2 rings (SSSR count). The maximum absolute atomic E-state index is 12.6. The molecule has 0 saturated carbocycles. The van der Waals surface area contributed by atoms with Crippen LogP contribution < -0.4 is 0 Å². The molecule has 2 aromatic carbocycles. The molecular formula is C14H10F3. The molecule has 0 fully saturated rings. The van der Waals surface area contributed by atoms with E-state index in [0.717, 1.165) is 11.1 Å². The summed E-state index contributed by atoms with van der Waals surface area (Å²) in [5, 5.41) is 0. The number of aryl methyl sites for hydroxylation is 1. The van der Waals surface area contributed by atoms with Gasteiger partial charge in [-0.15, -0.1) is 0 Å². The summed E-state index contributed by atoms with van der Waals surface area (Å²) in [7, 11) is 0. The van der Waals surface area contributed by atoms with E-state index in [1.54, 1.807) is 0 Å². The van der Waals surface area contributed by atoms with Gasteiger partial charge >= 0.3 is 6.18 Å². The maximum Gasteiger partial charge on any atom is 0.417 e. The summed E-state index contributed by atoms with van der Waals surface area (Å²) < 4.78 is 37.7. The number of benzene rings is 2. The topological polar surface area (TPSA) is 0 Å². The Hall–Kier alpha value is -1.77. The second kappa shape index (κ2) is 4.24. The quantitative estimate of drug-likeness (QED) is 0.683. The van der Waals surface area contributed by atoms with Crippen molar-refractivity contribution >= 4 is 0 Å². The van der Waals surface area contributed by atoms with Crippen LogP contribution in [0.5, 0.6) is 0 Å². The summed E-state index contributed by atoms with van der Waals surface area (Å²) in [5.74, 6) is 0. The minimum Gasteiger partial charge on any atom is -0.166 e. The molecule has 3 heteroatoms. The van der Waals surface area contributed by atoms with Crippen LogP contribution in [0.2, 0.25) is 0 Å². The largest absolute Gasteiger partial charge is 0.417 e. The molecule has 0 heterocycles. The average Bonchev–Trinajstić information content (AvgIpc) is 2.28. The van der Waals surface area contributed by atoms with Gasteiger partial charge in [-0.25, -0.2) is 0 Å². The summed E-state index contributed by atoms with van der Waals surface area (Å²) in [6, 6.07) is 14.5. The molecule has 1 radical (unpaired) electrons. The second-order valence-electron chi connectivity index (χ2n) is 3.81. The number of alkyl halides is 3. The lowest BCUT2D eigenvalue weighted by molar-refractivity contribution is -0.138. The lowest BCUT2D eigenvalue weighted by Crippen LogP contribution is -2.07. The first-order chi connectivity index (χ1) is 7.98. The molecule has 0 aliphatic carbocycles. The molecule has 2 aromatic rings. The number of halogens is 3. The predicted octanol–water partition coefficient (Wildman–Crippen LogP) is 4.48. The molecule has 0 atom stereocenters. The van der Waals surface area contributed by atoms with Gasteiger partial charge < -0.3 is 0 Å². The molecule has 0 aromatic heterocycles. The van der Waals surface area contributed by atoms with Crippen molar-refractivity contribution in [1.82, 2.24) is 0 Å². The standard InChI is InChI=1S/C14H10F3/c1-10-9-12(11-5-3-2-4-6-11)7-8-13(10)14(15,16)17/h2-7,9H,1H3. The van der Waals surface area contributed by atoms with Gasteiger partial charge in [-0.1, -0.05) is 36.4 Å². The van der Waals surface area contributed by atoms with Gasteiger partial charge in [-0.2, -0.15) is 13.2 Å². The van der Waals surface area contributed by atoms with Crippen molar-refractivity contribution in [3.05, 3.63) is 59.7 Å². The van der Waals surface area contributed by atoms with Crippen molar-refractivity contribution in [2.24, 2.45) is 0 Å². The Morgan fingerprint density at radius 1 is 1.00 bits per heavy atom. The van der Waals surface area contributed by atoms with Crippen LogP contribution in [0, 0.1) is 13.0 Å². The number of rotatable bonds is 1. The van der Waals surface area contributed by atoms with Crippen LogP contribution in [0.1, 0.15) is 11.1 Å². The average molecular weight is 235 g/mol. The Kier molecular flexibility index (Phi) is 2.92. The second-order valence-corrected chi connectivity index (χ2v) is 3.81. The molecule has 0 nitrogen and oxygen atoms in total. The van der Waals surface area contributed by atoms with Crippen molar-refractivity contribution in [3.63, 3.8) is 0 Å². The fourth-order valence-corrected chi connectivity index (χ4v) is 1.71. The molecule has 17 heavy (non-hydrogen) atoms. The minimum atomic E-state index is -4.33. The highest BCUT2D eigenvalue weighted by molar-refractivity contribution is 5.64. The Labute approximate surface area is 97.7 Å². The summed E-state index contributed by atoms with van der Waals surface area (Å²) in [5.41, 5.74) is 1.13. The third-order valence-electron chi connectivity index (χ3n) is 2.53. The van der Waals surface area contributed by atoms with Crippen molar-refractivity contribution in [1.29, 1.82) is 0 Å². The molecule has 0 spiro atoms. The number of hydrogen-bond acceptors (Lipinski definition) is 0. The third kappa shape index (κ3) is 2.49. The summed E-state index contributed by atoms with van der Waals surface area (Å²) in [6.07, 6.45) is -4.33. The maximum atomic E-state index is 12.6. The van der Waals surface area contributed by atoms with E-state index in [1.165, 1.54) is 19.1 Å². The Bertz CT molecular complexity index is 513. The van der Waals surface area contributed by atoms with Crippen molar-refractivity contribution in [2.75, 3.05) is 0 Å². The monoisotopic (exact) mass is 235 g/mol. The van der Waals surface area contributed by atoms with Crippen LogP contribution in [-0.2, 0) is 6.18 Å². The molecule has 0 unspecified atom stereocenters. The third-order valence-corrected chi connectivity index (χ3v) is 2.53. The van der Waals surface area contributed by atoms with Crippen molar-refractivity contribution < 1.29 is 13.2 Å². The molecule has 0 N–H and O–H groups in total. The highest BCUT2D eigenvalue weighted by Gasteiger charge is 2.32. The highest BCUT2D eigenvalue weighted by Crippen LogP contribution is 2.33. The van der Waals surface area contributed by atoms with Crippen molar-refractivity contribution in [3.8, 4) is 11.1 Å². The molecule has 0 saturated heterocycles. The van der Waals surface area contributed by atoms with Crippen LogP contribution in [0.15, 0.2) is 42.5 Å². The van der Waals surface area contributed by atoms with E-state index < -0.39 is 11.7 Å². The molecule has 0 aliphatic heterocycles. The van der Waals surface area contributed by atoms with Gasteiger partial charge in [-0.05, 0) is 35.7 Å². The fourth-order valence-electron chi connectivity index (χ4n) is 1.71. The zero-order valence-corrected chi connectivity index (χ0v) is 9.18. The Morgan fingerprint density at radius 2 is 1.65 bits per heavy atom. The SMILES string of the molecule is Cc1cc(-c2ccccc2)c[c]c1C(F)(F)F. The van der Waals surface area contributed by atoms with Gasteiger partial charge in [0, 0.05) is 0 Å². The van der Waals surface area contributed by atoms with Gasteiger partial charge in [0.1, 0.15) is 0 Å². The molecular weight excluding hydrogens is 225 g/mol. The van der Waals surface area contributed by atoms with Crippen LogP contribution >= 0.6 is 0 Å². The van der Waals surface area contributed by atoms with Crippen LogP contribution in [0.25, 0.3) is 11.1 Å². The van der Waals surface area contributed by atoms with E-state index >= 15 is 0 Å². The van der Waals surface area contributed by atoms with Gasteiger partial charge in [-0.3, -0.25) is 0 Å². The summed E-state index contributed by atoms with van der Waals surface area (Å²) in [4.78, 5) is 0. The van der Waals surface area contributed by atoms with Gasteiger partial charge in [0.2, 0.25) is 0 Å². The minimum absolute atomic E-state index is 0.193. The Morgan fingerprint density at radius 3 is 2.18 bits per heavy atom. The van der Waals surface area contributed by atoms with Gasteiger partial charge in [0.25, 0.3) is 0 Å². The van der Waals surface area contributed by atoms with E-state index in [1.807, 2.05) is 30.3 Å². The van der Waals surface area contributed by atoms with E-state index in [-0.39, 0.29) is 5.56 Å². The first-order valence-electron chi connectivity index (χ1n) is 5.13. The zero-order valence-electron chi connectivity index (χ0n) is 9.18. The first-order valence-corrected chi connectivity index (χ1v) is 5.13. The smallest absolute Gasteiger partial charge is 0.166 e. The van der Waals surface area contributed by atoms with Crippen LogP contribution in [0.3, 0.4) is 0 Å². The van der Waals surface area contributed by atoms with Gasteiger partial charge in [0.05, 0.1) is 5.56 Å². The molecule has 0 bridgehead atoms. The van der Waals surface area contributed by atoms with E-state index in [4.69, 9.17) is 0 Å². The fraction of sp³-hybridized carbons (Fsp3) is 0.143. The van der Waals surface area contributed by atoms with E-state index in [0.29, 0.717) is 0 Å². The summed E-state index contributed by atoms with van der Waals surface area (Å²) in [6.45, 7) is 1.45. The summed E-state index contributed by atoms with van der Waals surface area (Å²) >= 11 is 0. The first kappa shape index (κ1) is 11.7. The Balaban J connectivity index is 2.45. The van der Waals surface area contributed by atoms with E-state index in [2.05, 4.69) is 6.07 Å². The zero-order chi connectivity index (χ0) is 12.5. The highest BCUT2D eigenvalue weighted by atomic mass is 19.4. The lowest BCUT2D eigenvalue weighted by atomic mass is 10.00.